The molecule has 2 rings (SSSR count). The van der Waals surface area contributed by atoms with Gasteiger partial charge in [-0.25, -0.2) is 0 Å². The Hall–Kier alpha value is -0.820. The Kier molecular flexibility index (Phi) is 6.29. The van der Waals surface area contributed by atoms with Crippen molar-refractivity contribution in [3.63, 3.8) is 0 Å². The van der Waals surface area contributed by atoms with Crippen LogP contribution in [-0.4, -0.2) is 41.1 Å². The molecule has 1 aromatic carbocycles. The van der Waals surface area contributed by atoms with Crippen molar-refractivity contribution in [2.24, 2.45) is 5.73 Å². The van der Waals surface area contributed by atoms with Crippen LogP contribution in [0.2, 0.25) is 0 Å². The van der Waals surface area contributed by atoms with Gasteiger partial charge in [-0.15, -0.1) is 11.8 Å². The zero-order valence-corrected chi connectivity index (χ0v) is 14.8. The highest BCUT2D eigenvalue weighted by molar-refractivity contribution is 9.10. The van der Waals surface area contributed by atoms with E-state index in [0.29, 0.717) is 0 Å². The number of benzene rings is 1. The van der Waals surface area contributed by atoms with Gasteiger partial charge in [0.1, 0.15) is 0 Å². The number of likely N-dealkylation sites (N-methyl/N-ethyl adjacent to an activating group) is 1. The lowest BCUT2D eigenvalue weighted by Gasteiger charge is -2.16. The topological polar surface area (TPSA) is 47.1 Å². The van der Waals surface area contributed by atoms with E-state index in [9.17, 15) is 0 Å². The predicted molar refractivity (Wildman–Crippen MR) is 92.6 cm³/mol. The van der Waals surface area contributed by atoms with Crippen LogP contribution in [0.1, 0.15) is 11.7 Å². The number of aromatic nitrogens is 2. The molecular formula is C15H21BrN4S. The van der Waals surface area contributed by atoms with E-state index in [4.69, 9.17) is 5.73 Å². The van der Waals surface area contributed by atoms with Gasteiger partial charge in [-0.05, 0) is 42.2 Å². The van der Waals surface area contributed by atoms with Crippen LogP contribution < -0.4 is 5.73 Å². The Labute approximate surface area is 138 Å². The zero-order chi connectivity index (χ0) is 15.2. The molecule has 1 aromatic heterocycles. The summed E-state index contributed by atoms with van der Waals surface area (Å²) < 4.78 is 2.99. The molecule has 0 aliphatic carbocycles. The van der Waals surface area contributed by atoms with Crippen LogP contribution in [0.3, 0.4) is 0 Å². The van der Waals surface area contributed by atoms with Crippen molar-refractivity contribution in [2.45, 2.75) is 17.5 Å². The molecule has 0 bridgehead atoms. The molecule has 1 unspecified atom stereocenters. The molecule has 0 aliphatic rings. The molecule has 4 nitrogen and oxygen atoms in total. The minimum atomic E-state index is -0.0470. The summed E-state index contributed by atoms with van der Waals surface area (Å²) >= 11 is 5.34. The Balaban J connectivity index is 2.01. The van der Waals surface area contributed by atoms with E-state index in [1.54, 1.807) is 11.8 Å². The minimum Gasteiger partial charge on any atom is -0.322 e. The van der Waals surface area contributed by atoms with Crippen molar-refractivity contribution in [2.75, 3.05) is 26.4 Å². The summed E-state index contributed by atoms with van der Waals surface area (Å²) in [5.41, 5.74) is 7.44. The second kappa shape index (κ2) is 7.98. The van der Waals surface area contributed by atoms with Gasteiger partial charge in [-0.3, -0.25) is 4.68 Å². The Morgan fingerprint density at radius 1 is 1.33 bits per heavy atom. The molecule has 2 N–H and O–H groups in total. The van der Waals surface area contributed by atoms with Crippen LogP contribution in [0.25, 0.3) is 0 Å². The summed E-state index contributed by atoms with van der Waals surface area (Å²) in [4.78, 5) is 3.38. The van der Waals surface area contributed by atoms with E-state index in [1.807, 2.05) is 29.1 Å². The van der Waals surface area contributed by atoms with E-state index >= 15 is 0 Å². The van der Waals surface area contributed by atoms with Crippen LogP contribution in [0, 0.1) is 0 Å². The van der Waals surface area contributed by atoms with Gasteiger partial charge < -0.3 is 10.6 Å². The van der Waals surface area contributed by atoms with Crippen molar-refractivity contribution >= 4 is 27.7 Å². The van der Waals surface area contributed by atoms with Crippen molar-refractivity contribution in [3.8, 4) is 0 Å². The lowest BCUT2D eigenvalue weighted by atomic mass is 10.2. The predicted octanol–water partition coefficient (Wildman–Crippen LogP) is 3.00. The van der Waals surface area contributed by atoms with Gasteiger partial charge >= 0.3 is 0 Å². The van der Waals surface area contributed by atoms with Crippen molar-refractivity contribution in [1.29, 1.82) is 0 Å². The van der Waals surface area contributed by atoms with Crippen LogP contribution in [-0.2, 0) is 6.54 Å². The van der Waals surface area contributed by atoms with E-state index in [1.165, 1.54) is 4.90 Å². The molecule has 0 radical (unpaired) electrons. The van der Waals surface area contributed by atoms with Crippen molar-refractivity contribution < 1.29 is 0 Å². The molecule has 0 aliphatic heterocycles. The highest BCUT2D eigenvalue weighted by atomic mass is 79.9. The molecule has 0 saturated heterocycles. The van der Waals surface area contributed by atoms with E-state index in [2.05, 4.69) is 52.2 Å². The fourth-order valence-electron chi connectivity index (χ4n) is 2.00. The molecular weight excluding hydrogens is 348 g/mol. The second-order valence-corrected chi connectivity index (χ2v) is 7.08. The fraction of sp³-hybridized carbons (Fsp3) is 0.400. The van der Waals surface area contributed by atoms with Gasteiger partial charge in [0, 0.05) is 17.2 Å². The summed E-state index contributed by atoms with van der Waals surface area (Å²) in [7, 11) is 4.12. The SMILES string of the molecule is CN(C)CCn1ncc(Br)c1C(N)CSc1ccccc1. The highest BCUT2D eigenvalue weighted by Gasteiger charge is 2.17. The fourth-order valence-corrected chi connectivity index (χ4v) is 3.46. The average molecular weight is 369 g/mol. The third-order valence-electron chi connectivity index (χ3n) is 3.12. The third kappa shape index (κ3) is 4.85. The van der Waals surface area contributed by atoms with E-state index in [-0.39, 0.29) is 6.04 Å². The lowest BCUT2D eigenvalue weighted by Crippen LogP contribution is -2.24. The standard InChI is InChI=1S/C15H21BrN4S/c1-19(2)8-9-20-15(13(16)10-18-20)14(17)11-21-12-6-4-3-5-7-12/h3-7,10,14H,8-9,11,17H2,1-2H3. The molecule has 114 valence electrons. The summed E-state index contributed by atoms with van der Waals surface area (Å²) in [6.45, 7) is 1.79. The number of hydrogen-bond acceptors (Lipinski definition) is 4. The van der Waals surface area contributed by atoms with Crippen LogP contribution in [0.5, 0.6) is 0 Å². The van der Waals surface area contributed by atoms with Gasteiger partial charge in [0.2, 0.25) is 0 Å². The molecule has 1 atom stereocenters. The lowest BCUT2D eigenvalue weighted by molar-refractivity contribution is 0.367. The van der Waals surface area contributed by atoms with Gasteiger partial charge in [0.05, 0.1) is 29.0 Å². The number of halogens is 1. The normalized spacial score (nSPS) is 12.8. The number of rotatable bonds is 7. The number of nitrogens with zero attached hydrogens (tertiary/aromatic N) is 3. The number of hydrogen-bond donors (Lipinski definition) is 1. The summed E-state index contributed by atoms with van der Waals surface area (Å²) in [6, 6.07) is 10.3. The highest BCUT2D eigenvalue weighted by Crippen LogP contribution is 2.27. The summed E-state index contributed by atoms with van der Waals surface area (Å²) in [6.07, 6.45) is 1.83. The maximum atomic E-state index is 6.37. The van der Waals surface area contributed by atoms with Gasteiger partial charge in [0.15, 0.2) is 0 Å². The smallest absolute Gasteiger partial charge is 0.0702 e. The first-order chi connectivity index (χ1) is 10.1. The largest absolute Gasteiger partial charge is 0.322 e. The van der Waals surface area contributed by atoms with Crippen molar-refractivity contribution in [1.82, 2.24) is 14.7 Å². The summed E-state index contributed by atoms with van der Waals surface area (Å²) in [5.74, 6) is 0.830. The van der Waals surface area contributed by atoms with Gasteiger partial charge in [-0.1, -0.05) is 18.2 Å². The molecule has 0 fully saturated rings. The first kappa shape index (κ1) is 16.5. The molecule has 0 saturated carbocycles. The zero-order valence-electron chi connectivity index (χ0n) is 12.4. The molecule has 6 heteroatoms. The van der Waals surface area contributed by atoms with Crippen molar-refractivity contribution in [3.05, 3.63) is 46.7 Å². The van der Waals surface area contributed by atoms with Crippen LogP contribution in [0.15, 0.2) is 45.9 Å². The maximum Gasteiger partial charge on any atom is 0.0702 e. The molecule has 2 aromatic rings. The van der Waals surface area contributed by atoms with Crippen LogP contribution >= 0.6 is 27.7 Å². The third-order valence-corrected chi connectivity index (χ3v) is 4.86. The molecule has 1 heterocycles. The van der Waals surface area contributed by atoms with Gasteiger partial charge in [0.25, 0.3) is 0 Å². The maximum absolute atomic E-state index is 6.37. The Morgan fingerprint density at radius 3 is 2.71 bits per heavy atom. The number of thioether (sulfide) groups is 1. The van der Waals surface area contributed by atoms with E-state index < -0.39 is 0 Å². The molecule has 0 spiro atoms. The monoisotopic (exact) mass is 368 g/mol. The van der Waals surface area contributed by atoms with E-state index in [0.717, 1.165) is 29.0 Å². The molecule has 0 amide bonds. The Morgan fingerprint density at radius 2 is 2.05 bits per heavy atom. The van der Waals surface area contributed by atoms with Crippen LogP contribution in [0.4, 0.5) is 0 Å². The number of nitrogens with two attached hydrogens (primary N) is 1. The quantitative estimate of drug-likeness (QED) is 0.763. The Bertz CT molecular complexity index is 556. The van der Waals surface area contributed by atoms with Gasteiger partial charge in [-0.2, -0.15) is 5.10 Å². The minimum absolute atomic E-state index is 0.0470. The first-order valence-corrected chi connectivity index (χ1v) is 8.65. The second-order valence-electron chi connectivity index (χ2n) is 5.13. The average Bonchev–Trinajstić information content (AvgIpc) is 2.85. The molecule has 21 heavy (non-hydrogen) atoms. The first-order valence-electron chi connectivity index (χ1n) is 6.87. The summed E-state index contributed by atoms with van der Waals surface area (Å²) in [5, 5.41) is 4.42.